The monoisotopic (exact) mass is 422 g/mol. The number of hydrogen-bond donors (Lipinski definition) is 2. The van der Waals surface area contributed by atoms with E-state index in [0.29, 0.717) is 29.2 Å². The Morgan fingerprint density at radius 3 is 2.57 bits per heavy atom. The highest BCUT2D eigenvalue weighted by Gasteiger charge is 2.42. The molecule has 0 aromatic carbocycles. The van der Waals surface area contributed by atoms with Gasteiger partial charge in [0.1, 0.15) is 22.8 Å². The summed E-state index contributed by atoms with van der Waals surface area (Å²) in [5.74, 6) is -0.472. The lowest BCUT2D eigenvalue weighted by Gasteiger charge is -2.18. The van der Waals surface area contributed by atoms with Crippen molar-refractivity contribution in [3.8, 4) is 0 Å². The topological polar surface area (TPSA) is 67.7 Å². The summed E-state index contributed by atoms with van der Waals surface area (Å²) in [7, 11) is 0. The van der Waals surface area contributed by atoms with E-state index in [1.165, 1.54) is 6.07 Å². The largest absolute Gasteiger partial charge is 0.421 e. The summed E-state index contributed by atoms with van der Waals surface area (Å²) in [6.07, 6.45) is 0.598. The normalized spacial score (nSPS) is 15.6. The van der Waals surface area contributed by atoms with Crippen molar-refractivity contribution >= 4 is 28.5 Å². The van der Waals surface area contributed by atoms with E-state index in [0.717, 1.165) is 25.2 Å². The predicted molar refractivity (Wildman–Crippen MR) is 106 cm³/mol. The lowest BCUT2D eigenvalue weighted by atomic mass is 10.2. The van der Waals surface area contributed by atoms with Gasteiger partial charge < -0.3 is 15.2 Å². The fourth-order valence-corrected chi connectivity index (χ4v) is 3.24. The summed E-state index contributed by atoms with van der Waals surface area (Å²) in [4.78, 5) is 12.1. The smallest absolute Gasteiger partial charge is 0.364 e. The third-order valence-electron chi connectivity index (χ3n) is 5.00. The van der Waals surface area contributed by atoms with Gasteiger partial charge in [0.25, 0.3) is 0 Å². The van der Waals surface area contributed by atoms with Crippen molar-refractivity contribution in [3.63, 3.8) is 0 Å². The molecule has 30 heavy (non-hydrogen) atoms. The van der Waals surface area contributed by atoms with Crippen LogP contribution in [-0.4, -0.2) is 25.1 Å². The molecule has 1 aliphatic rings. The third kappa shape index (κ3) is 4.17. The van der Waals surface area contributed by atoms with Gasteiger partial charge in [0.2, 0.25) is 5.95 Å². The van der Waals surface area contributed by atoms with E-state index in [-0.39, 0.29) is 11.8 Å². The summed E-state index contributed by atoms with van der Waals surface area (Å²) in [6, 6.07) is 1.33. The van der Waals surface area contributed by atoms with Crippen LogP contribution in [0.5, 0.6) is 0 Å². The maximum Gasteiger partial charge on any atom is 0.421 e. The van der Waals surface area contributed by atoms with Crippen molar-refractivity contribution in [2.45, 2.75) is 51.9 Å². The number of hydrogen-bond acceptors (Lipinski definition) is 5. The molecule has 1 fully saturated rings. The van der Waals surface area contributed by atoms with Gasteiger partial charge in [-0.05, 0) is 31.7 Å². The summed E-state index contributed by atoms with van der Waals surface area (Å²) < 4.78 is 55.8. The van der Waals surface area contributed by atoms with Gasteiger partial charge in [-0.2, -0.15) is 18.2 Å². The molecule has 0 spiro atoms. The van der Waals surface area contributed by atoms with Crippen molar-refractivity contribution in [3.05, 3.63) is 36.0 Å². The Balaban J connectivity index is 1.72. The second-order valence-corrected chi connectivity index (χ2v) is 8.38. The van der Waals surface area contributed by atoms with Crippen LogP contribution in [0, 0.1) is 11.7 Å². The minimum Gasteiger partial charge on any atom is -0.364 e. The van der Waals surface area contributed by atoms with Crippen LogP contribution in [0.1, 0.15) is 39.2 Å². The van der Waals surface area contributed by atoms with E-state index in [4.69, 9.17) is 0 Å². The highest BCUT2D eigenvalue weighted by molar-refractivity contribution is 5.92. The number of rotatable bonds is 6. The van der Waals surface area contributed by atoms with Gasteiger partial charge in [0, 0.05) is 29.9 Å². The molecular weight excluding hydrogens is 400 g/mol. The fourth-order valence-electron chi connectivity index (χ4n) is 3.24. The first-order valence-corrected chi connectivity index (χ1v) is 9.68. The van der Waals surface area contributed by atoms with Crippen LogP contribution >= 0.6 is 0 Å². The van der Waals surface area contributed by atoms with Crippen LogP contribution in [0.25, 0.3) is 11.0 Å². The molecule has 0 saturated heterocycles. The Hall–Kier alpha value is -2.91. The Labute approximate surface area is 170 Å². The molecular formula is C20H22F4N6. The van der Waals surface area contributed by atoms with Crippen LogP contribution in [0.3, 0.4) is 0 Å². The van der Waals surface area contributed by atoms with Crippen LogP contribution < -0.4 is 10.6 Å². The number of aromatic nitrogens is 4. The molecule has 2 N–H and O–H groups in total. The number of fused-ring (bicyclic) bond motifs is 1. The maximum absolute atomic E-state index is 13.8. The zero-order valence-electron chi connectivity index (χ0n) is 16.8. The average Bonchev–Trinajstić information content (AvgIpc) is 3.27. The molecule has 1 saturated carbocycles. The lowest BCUT2D eigenvalue weighted by molar-refractivity contribution is -0.137. The van der Waals surface area contributed by atoms with E-state index in [1.807, 2.05) is 25.3 Å². The molecule has 160 valence electrons. The van der Waals surface area contributed by atoms with Gasteiger partial charge in [-0.15, -0.1) is 0 Å². The zero-order chi connectivity index (χ0) is 21.7. The Kier molecular flexibility index (Phi) is 4.82. The summed E-state index contributed by atoms with van der Waals surface area (Å²) in [5, 5.41) is 6.32. The van der Waals surface area contributed by atoms with E-state index in [2.05, 4.69) is 25.6 Å². The molecule has 3 aromatic rings. The summed E-state index contributed by atoms with van der Waals surface area (Å²) >= 11 is 0. The second kappa shape index (κ2) is 7.10. The highest BCUT2D eigenvalue weighted by atomic mass is 19.4. The van der Waals surface area contributed by atoms with E-state index in [1.54, 1.807) is 6.20 Å². The minimum atomic E-state index is -4.58. The summed E-state index contributed by atoms with van der Waals surface area (Å²) in [6.45, 7) is 6.57. The Morgan fingerprint density at radius 2 is 1.93 bits per heavy atom. The molecule has 4 rings (SSSR count). The number of nitrogens with zero attached hydrogens (tertiary/aromatic N) is 4. The van der Waals surface area contributed by atoms with Gasteiger partial charge in [-0.1, -0.05) is 13.8 Å². The SMILES string of the molecule is CC(C)Cn1cc(Nc2ncc(C(F)(F)F)c(NC3(C)CC3)n2)c2cc(F)cnc21. The lowest BCUT2D eigenvalue weighted by Crippen LogP contribution is -2.21. The Bertz CT molecular complexity index is 1080. The van der Waals surface area contributed by atoms with E-state index in [9.17, 15) is 17.6 Å². The average molecular weight is 422 g/mol. The van der Waals surface area contributed by atoms with Crippen molar-refractivity contribution in [2.24, 2.45) is 5.92 Å². The van der Waals surface area contributed by atoms with Crippen molar-refractivity contribution in [1.29, 1.82) is 0 Å². The molecule has 0 amide bonds. The van der Waals surface area contributed by atoms with Gasteiger partial charge in [-0.25, -0.2) is 14.4 Å². The molecule has 0 unspecified atom stereocenters. The fraction of sp³-hybridized carbons (Fsp3) is 0.450. The first kappa shape index (κ1) is 20.4. The van der Waals surface area contributed by atoms with Crippen molar-refractivity contribution < 1.29 is 17.6 Å². The van der Waals surface area contributed by atoms with Crippen LogP contribution in [-0.2, 0) is 12.7 Å². The molecule has 10 heteroatoms. The summed E-state index contributed by atoms with van der Waals surface area (Å²) in [5.41, 5.74) is -0.271. The molecule has 0 aliphatic heterocycles. The molecule has 3 heterocycles. The van der Waals surface area contributed by atoms with Gasteiger partial charge in [-0.3, -0.25) is 0 Å². The van der Waals surface area contributed by atoms with E-state index >= 15 is 0 Å². The van der Waals surface area contributed by atoms with Crippen LogP contribution in [0.4, 0.5) is 35.0 Å². The standard InChI is InChI=1S/C20H22F4N6/c1-11(2)9-30-10-15(13-6-12(21)7-25-17(13)30)27-18-26-8-14(20(22,23)24)16(28-18)29-19(3)4-5-19/h6-8,10-11H,4-5,9H2,1-3H3,(H2,26,27,28,29). The maximum atomic E-state index is 13.8. The number of alkyl halides is 3. The molecule has 3 aromatic heterocycles. The quantitative estimate of drug-likeness (QED) is 0.525. The number of halogens is 4. The minimum absolute atomic E-state index is 0.0115. The Morgan fingerprint density at radius 1 is 1.20 bits per heavy atom. The molecule has 0 bridgehead atoms. The first-order chi connectivity index (χ1) is 14.0. The van der Waals surface area contributed by atoms with Gasteiger partial charge in [0.15, 0.2) is 0 Å². The molecule has 6 nitrogen and oxygen atoms in total. The highest BCUT2D eigenvalue weighted by Crippen LogP contribution is 2.42. The van der Waals surface area contributed by atoms with Crippen molar-refractivity contribution in [1.82, 2.24) is 19.5 Å². The molecule has 0 radical (unpaired) electrons. The van der Waals surface area contributed by atoms with Gasteiger partial charge in [0.05, 0.1) is 11.9 Å². The second-order valence-electron chi connectivity index (χ2n) is 8.38. The number of pyridine rings is 1. The molecule has 0 atom stereocenters. The van der Waals surface area contributed by atoms with Crippen LogP contribution in [0.2, 0.25) is 0 Å². The zero-order valence-corrected chi connectivity index (χ0v) is 16.8. The van der Waals surface area contributed by atoms with E-state index < -0.39 is 23.1 Å². The predicted octanol–water partition coefficient (Wildman–Crippen LogP) is 5.35. The first-order valence-electron chi connectivity index (χ1n) is 9.68. The van der Waals surface area contributed by atoms with Crippen LogP contribution in [0.15, 0.2) is 24.7 Å². The molecule has 1 aliphatic carbocycles. The number of anilines is 3. The third-order valence-corrected chi connectivity index (χ3v) is 5.00. The van der Waals surface area contributed by atoms with Gasteiger partial charge >= 0.3 is 6.18 Å². The number of nitrogens with one attached hydrogen (secondary N) is 2. The van der Waals surface area contributed by atoms with Crippen molar-refractivity contribution in [2.75, 3.05) is 10.6 Å².